The Kier molecular flexibility index (Phi) is 2.02. The second-order valence-electron chi connectivity index (χ2n) is 3.01. The number of fused-ring (bicyclic) bond motifs is 1. The van der Waals surface area contributed by atoms with Crippen molar-refractivity contribution in [1.82, 2.24) is 4.98 Å². The summed E-state index contributed by atoms with van der Waals surface area (Å²) in [6, 6.07) is 1.67. The van der Waals surface area contributed by atoms with Crippen molar-refractivity contribution >= 4 is 20.9 Å². The molecule has 2 aromatic rings. The second kappa shape index (κ2) is 3.01. The largest absolute Gasteiger partial charge is 0.360 e. The minimum atomic E-state index is -3.94. The monoisotopic (exact) mass is 232 g/mol. The van der Waals surface area contributed by atoms with Crippen molar-refractivity contribution in [3.63, 3.8) is 0 Å². The van der Waals surface area contributed by atoms with Gasteiger partial charge in [-0.25, -0.2) is 22.3 Å². The first kappa shape index (κ1) is 10.1. The number of nitrogens with two attached hydrogens (primary N) is 1. The van der Waals surface area contributed by atoms with Crippen LogP contribution in [0.2, 0.25) is 0 Å². The summed E-state index contributed by atoms with van der Waals surface area (Å²) in [5.41, 5.74) is 0.179. The molecule has 0 amide bonds. The molecule has 0 aliphatic rings. The maximum atomic E-state index is 12.9. The highest BCUT2D eigenvalue weighted by Crippen LogP contribution is 2.23. The summed E-state index contributed by atoms with van der Waals surface area (Å²) in [7, 11) is -3.94. The van der Waals surface area contributed by atoms with Crippen LogP contribution in [-0.2, 0) is 10.0 Å². The van der Waals surface area contributed by atoms with Crippen molar-refractivity contribution in [2.75, 3.05) is 0 Å². The van der Waals surface area contributed by atoms with Crippen LogP contribution in [0.15, 0.2) is 23.2 Å². The van der Waals surface area contributed by atoms with Gasteiger partial charge >= 0.3 is 0 Å². The van der Waals surface area contributed by atoms with Gasteiger partial charge in [0.05, 0.1) is 0 Å². The predicted molar refractivity (Wildman–Crippen MR) is 49.6 cm³/mol. The zero-order valence-electron chi connectivity index (χ0n) is 7.29. The van der Waals surface area contributed by atoms with Gasteiger partial charge in [-0.1, -0.05) is 0 Å². The Balaban J connectivity index is 2.87. The van der Waals surface area contributed by atoms with Gasteiger partial charge in [-0.15, -0.1) is 0 Å². The molecule has 1 aromatic heterocycles. The molecule has 0 unspecified atom stereocenters. The van der Waals surface area contributed by atoms with Crippen LogP contribution in [-0.4, -0.2) is 13.4 Å². The molecular formula is C8H6F2N2O2S. The summed E-state index contributed by atoms with van der Waals surface area (Å²) >= 11 is 0. The summed E-state index contributed by atoms with van der Waals surface area (Å²) in [6.45, 7) is 0. The third-order valence-electron chi connectivity index (χ3n) is 1.99. The first-order valence-electron chi connectivity index (χ1n) is 3.88. The molecule has 3 N–H and O–H groups in total. The van der Waals surface area contributed by atoms with E-state index in [2.05, 4.69) is 4.98 Å². The molecule has 0 saturated heterocycles. The van der Waals surface area contributed by atoms with Crippen LogP contribution in [0.5, 0.6) is 0 Å². The van der Waals surface area contributed by atoms with E-state index in [9.17, 15) is 17.2 Å². The van der Waals surface area contributed by atoms with Crippen molar-refractivity contribution < 1.29 is 17.2 Å². The zero-order chi connectivity index (χ0) is 11.2. The van der Waals surface area contributed by atoms with E-state index >= 15 is 0 Å². The molecule has 1 heterocycles. The van der Waals surface area contributed by atoms with Crippen LogP contribution in [0.1, 0.15) is 0 Å². The van der Waals surface area contributed by atoms with Crippen molar-refractivity contribution in [3.05, 3.63) is 30.0 Å². The lowest BCUT2D eigenvalue weighted by atomic mass is 10.2. The summed E-state index contributed by atoms with van der Waals surface area (Å²) in [4.78, 5) is 2.24. The highest BCUT2D eigenvalue weighted by atomic mass is 32.2. The predicted octanol–water partition coefficient (Wildman–Crippen LogP) is 1.09. The molecule has 0 saturated carbocycles. The topological polar surface area (TPSA) is 76.0 Å². The molecule has 80 valence electrons. The molecule has 2 rings (SSSR count). The van der Waals surface area contributed by atoms with Gasteiger partial charge in [-0.2, -0.15) is 0 Å². The van der Waals surface area contributed by atoms with E-state index in [0.29, 0.717) is 0 Å². The number of halogens is 2. The van der Waals surface area contributed by atoms with Crippen molar-refractivity contribution in [2.45, 2.75) is 4.90 Å². The van der Waals surface area contributed by atoms with Gasteiger partial charge in [0.1, 0.15) is 4.90 Å². The van der Waals surface area contributed by atoms with E-state index in [4.69, 9.17) is 5.14 Å². The van der Waals surface area contributed by atoms with Crippen LogP contribution < -0.4 is 5.14 Å². The smallest absolute Gasteiger partial charge is 0.240 e. The average molecular weight is 232 g/mol. The molecule has 1 aromatic carbocycles. The molecule has 0 spiro atoms. The van der Waals surface area contributed by atoms with E-state index in [0.717, 1.165) is 18.3 Å². The third-order valence-corrected chi connectivity index (χ3v) is 2.94. The van der Waals surface area contributed by atoms with Gasteiger partial charge in [0.2, 0.25) is 10.0 Å². The Morgan fingerprint density at radius 3 is 2.40 bits per heavy atom. The number of rotatable bonds is 1. The minimum absolute atomic E-state index is 0.0383. The number of primary sulfonamides is 1. The molecule has 0 aliphatic carbocycles. The summed E-state index contributed by atoms with van der Waals surface area (Å²) < 4.78 is 47.7. The number of benzene rings is 1. The maximum Gasteiger partial charge on any atom is 0.240 e. The molecule has 0 atom stereocenters. The second-order valence-corrected chi connectivity index (χ2v) is 4.54. The molecule has 0 bridgehead atoms. The number of H-pyrrole nitrogens is 1. The summed E-state index contributed by atoms with van der Waals surface area (Å²) in [5.74, 6) is -2.17. The van der Waals surface area contributed by atoms with Gasteiger partial charge < -0.3 is 4.98 Å². The van der Waals surface area contributed by atoms with Crippen LogP contribution in [0.4, 0.5) is 8.78 Å². The fraction of sp³-hybridized carbons (Fsp3) is 0. The normalized spacial score (nSPS) is 12.2. The van der Waals surface area contributed by atoms with Crippen LogP contribution >= 0.6 is 0 Å². The SMILES string of the molecule is NS(=O)(=O)c1c[nH]c2cc(F)c(F)cc12. The first-order chi connectivity index (χ1) is 6.89. The Hall–Kier alpha value is -1.47. The fourth-order valence-corrected chi connectivity index (χ4v) is 2.03. The van der Waals surface area contributed by atoms with Crippen LogP contribution in [0.25, 0.3) is 10.9 Å². The van der Waals surface area contributed by atoms with Gasteiger partial charge in [0.15, 0.2) is 11.6 Å². The standard InChI is InChI=1S/C8H6F2N2O2S/c9-5-1-4-7(2-6(5)10)12-3-8(4)15(11,13)14/h1-3,12H,(H2,11,13,14). The molecule has 7 heteroatoms. The lowest BCUT2D eigenvalue weighted by molar-refractivity contribution is 0.510. The third kappa shape index (κ3) is 1.59. The molecule has 4 nitrogen and oxygen atoms in total. The lowest BCUT2D eigenvalue weighted by Gasteiger charge is -1.96. The van der Waals surface area contributed by atoms with Crippen molar-refractivity contribution in [2.24, 2.45) is 5.14 Å². The van der Waals surface area contributed by atoms with Gasteiger partial charge in [0, 0.05) is 23.2 Å². The van der Waals surface area contributed by atoms with E-state index in [-0.39, 0.29) is 15.8 Å². The number of sulfonamides is 1. The Labute approximate surface area is 83.8 Å². The maximum absolute atomic E-state index is 12.9. The molecule has 15 heavy (non-hydrogen) atoms. The number of nitrogens with one attached hydrogen (secondary N) is 1. The van der Waals surface area contributed by atoms with E-state index in [1.165, 1.54) is 0 Å². The molecule has 0 fully saturated rings. The van der Waals surface area contributed by atoms with Gasteiger partial charge in [0.25, 0.3) is 0 Å². The Bertz CT molecular complexity index is 633. The van der Waals surface area contributed by atoms with E-state index in [1.807, 2.05) is 0 Å². The average Bonchev–Trinajstić information content (AvgIpc) is 2.47. The van der Waals surface area contributed by atoms with E-state index < -0.39 is 21.7 Å². The minimum Gasteiger partial charge on any atom is -0.360 e. The van der Waals surface area contributed by atoms with Crippen molar-refractivity contribution in [1.29, 1.82) is 0 Å². The Morgan fingerprint density at radius 1 is 1.20 bits per heavy atom. The Morgan fingerprint density at radius 2 is 1.80 bits per heavy atom. The van der Waals surface area contributed by atoms with Gasteiger partial charge in [-0.3, -0.25) is 0 Å². The van der Waals surface area contributed by atoms with Crippen LogP contribution in [0, 0.1) is 11.6 Å². The fourth-order valence-electron chi connectivity index (χ4n) is 1.33. The van der Waals surface area contributed by atoms with Crippen LogP contribution in [0.3, 0.4) is 0 Å². The lowest BCUT2D eigenvalue weighted by Crippen LogP contribution is -2.11. The highest BCUT2D eigenvalue weighted by molar-refractivity contribution is 7.89. The molecule has 0 aliphatic heterocycles. The number of hydrogen-bond donors (Lipinski definition) is 2. The number of aromatic amines is 1. The van der Waals surface area contributed by atoms with Gasteiger partial charge in [-0.05, 0) is 6.07 Å². The number of hydrogen-bond acceptors (Lipinski definition) is 2. The first-order valence-corrected chi connectivity index (χ1v) is 5.43. The summed E-state index contributed by atoms with van der Waals surface area (Å²) in [5, 5.41) is 4.93. The summed E-state index contributed by atoms with van der Waals surface area (Å²) in [6.07, 6.45) is 1.10. The number of aromatic nitrogens is 1. The quantitative estimate of drug-likeness (QED) is 0.772. The zero-order valence-corrected chi connectivity index (χ0v) is 8.11. The highest BCUT2D eigenvalue weighted by Gasteiger charge is 2.16. The molecule has 0 radical (unpaired) electrons. The van der Waals surface area contributed by atoms with E-state index in [1.54, 1.807) is 0 Å². The van der Waals surface area contributed by atoms with Crippen molar-refractivity contribution in [3.8, 4) is 0 Å². The molecular weight excluding hydrogens is 226 g/mol.